The lowest BCUT2D eigenvalue weighted by Crippen LogP contribution is -2.37. The molecular formula is C25H24N8O3. The molecule has 3 aromatic heterocycles. The Kier molecular flexibility index (Phi) is 5.26. The summed E-state index contributed by atoms with van der Waals surface area (Å²) in [6.45, 7) is 3.32. The Balaban J connectivity index is 1.36. The maximum Gasteiger partial charge on any atom is 0.209 e. The van der Waals surface area contributed by atoms with Gasteiger partial charge in [-0.25, -0.2) is 19.6 Å². The molecule has 1 aliphatic rings. The number of rotatable bonds is 5. The molecular weight excluding hydrogens is 460 g/mol. The van der Waals surface area contributed by atoms with Gasteiger partial charge in [-0.05, 0) is 42.8 Å². The van der Waals surface area contributed by atoms with Gasteiger partial charge in [-0.3, -0.25) is 4.79 Å². The van der Waals surface area contributed by atoms with Gasteiger partial charge in [0.2, 0.25) is 6.41 Å². The quantitative estimate of drug-likeness (QED) is 0.378. The zero-order valence-corrected chi connectivity index (χ0v) is 19.8. The molecule has 0 saturated carbocycles. The van der Waals surface area contributed by atoms with E-state index < -0.39 is 6.10 Å². The number of amides is 1. The zero-order valence-electron chi connectivity index (χ0n) is 19.8. The topological polar surface area (TPSA) is 126 Å². The van der Waals surface area contributed by atoms with E-state index in [0.717, 1.165) is 34.4 Å². The maximum atomic E-state index is 11.3. The van der Waals surface area contributed by atoms with Gasteiger partial charge < -0.3 is 24.7 Å². The van der Waals surface area contributed by atoms with Crippen LogP contribution in [0.15, 0.2) is 49.1 Å². The van der Waals surface area contributed by atoms with Crippen molar-refractivity contribution in [2.75, 3.05) is 25.4 Å². The summed E-state index contributed by atoms with van der Waals surface area (Å²) in [5.41, 5.74) is 11.0. The van der Waals surface area contributed by atoms with Crippen LogP contribution in [0.5, 0.6) is 11.5 Å². The van der Waals surface area contributed by atoms with Crippen LogP contribution in [0, 0.1) is 6.92 Å². The second-order valence-electron chi connectivity index (χ2n) is 8.77. The summed E-state index contributed by atoms with van der Waals surface area (Å²) in [5.74, 6) is 1.74. The number of hydrogen-bond donors (Lipinski definition) is 1. The third kappa shape index (κ3) is 3.69. The van der Waals surface area contributed by atoms with Gasteiger partial charge in [0.1, 0.15) is 35.4 Å². The first-order valence-corrected chi connectivity index (χ1v) is 11.5. The molecule has 2 N–H and O–H groups in total. The number of imidazole rings is 1. The Bertz CT molecular complexity index is 1610. The van der Waals surface area contributed by atoms with Gasteiger partial charge in [0.05, 0.1) is 41.6 Å². The highest BCUT2D eigenvalue weighted by molar-refractivity contribution is 5.89. The average molecular weight is 485 g/mol. The number of ether oxygens (including phenoxy) is 2. The molecule has 182 valence electrons. The van der Waals surface area contributed by atoms with E-state index in [-0.39, 0.29) is 0 Å². The number of aryl methyl sites for hydroxylation is 2. The summed E-state index contributed by atoms with van der Waals surface area (Å²) in [4.78, 5) is 26.0. The molecule has 0 bridgehead atoms. The molecule has 1 saturated heterocycles. The van der Waals surface area contributed by atoms with E-state index >= 15 is 0 Å². The number of nitrogen functional groups attached to an aromatic ring is 1. The van der Waals surface area contributed by atoms with Gasteiger partial charge >= 0.3 is 0 Å². The van der Waals surface area contributed by atoms with Crippen molar-refractivity contribution in [3.63, 3.8) is 0 Å². The van der Waals surface area contributed by atoms with Crippen LogP contribution in [0.4, 0.5) is 5.82 Å². The molecule has 6 rings (SSSR count). The van der Waals surface area contributed by atoms with Crippen LogP contribution >= 0.6 is 0 Å². The Morgan fingerprint density at radius 2 is 2.06 bits per heavy atom. The fourth-order valence-electron chi connectivity index (χ4n) is 4.52. The van der Waals surface area contributed by atoms with Gasteiger partial charge in [-0.1, -0.05) is 0 Å². The van der Waals surface area contributed by atoms with Crippen molar-refractivity contribution < 1.29 is 14.3 Å². The number of fused-ring (bicyclic) bond motifs is 2. The minimum absolute atomic E-state index is 0.315. The van der Waals surface area contributed by atoms with Crippen molar-refractivity contribution in [3.05, 3.63) is 60.3 Å². The van der Waals surface area contributed by atoms with E-state index in [1.807, 2.05) is 54.9 Å². The van der Waals surface area contributed by atoms with Gasteiger partial charge in [0.15, 0.2) is 5.65 Å². The minimum Gasteiger partial charge on any atom is -0.457 e. The number of benzene rings is 2. The second kappa shape index (κ2) is 8.61. The Labute approximate surface area is 206 Å². The summed E-state index contributed by atoms with van der Waals surface area (Å²) in [7, 11) is 1.96. The van der Waals surface area contributed by atoms with Crippen LogP contribution in [-0.2, 0) is 16.6 Å². The number of aromatic nitrogens is 6. The number of anilines is 1. The first-order valence-electron chi connectivity index (χ1n) is 11.5. The molecule has 1 amide bonds. The summed E-state index contributed by atoms with van der Waals surface area (Å²) >= 11 is 0. The summed E-state index contributed by atoms with van der Waals surface area (Å²) in [6, 6.07) is 11.6. The molecule has 0 spiro atoms. The molecule has 2 aromatic carbocycles. The molecule has 0 aliphatic carbocycles. The van der Waals surface area contributed by atoms with Crippen LogP contribution in [0.3, 0.4) is 0 Å². The third-order valence-electron chi connectivity index (χ3n) is 6.40. The molecule has 1 unspecified atom stereocenters. The molecule has 11 heteroatoms. The smallest absolute Gasteiger partial charge is 0.209 e. The highest BCUT2D eigenvalue weighted by Gasteiger charge is 2.28. The van der Waals surface area contributed by atoms with Crippen molar-refractivity contribution in [2.45, 2.75) is 13.0 Å². The standard InChI is InChI=1S/C25H24N8O3/c1-15-9-16(3-6-20(15)36-17-4-5-19-18(10-17)29-13-31(19)2)33-25-22(24(26)27-12-28-25)23(30-33)21-11-32(14-34)7-8-35-21/h3-6,9-10,12-14,21H,7-8,11H2,1-2H3,(H2,26,27,28). The van der Waals surface area contributed by atoms with Crippen LogP contribution in [0.25, 0.3) is 27.8 Å². The van der Waals surface area contributed by atoms with Crippen LogP contribution in [0.2, 0.25) is 0 Å². The number of nitrogens with zero attached hydrogens (tertiary/aromatic N) is 7. The molecule has 1 fully saturated rings. The zero-order chi connectivity index (χ0) is 24.8. The Hall–Kier alpha value is -4.51. The normalized spacial score (nSPS) is 16.1. The molecule has 4 heterocycles. The van der Waals surface area contributed by atoms with Crippen LogP contribution < -0.4 is 10.5 Å². The van der Waals surface area contributed by atoms with E-state index in [4.69, 9.17) is 20.3 Å². The fraction of sp³-hybridized carbons (Fsp3) is 0.240. The largest absolute Gasteiger partial charge is 0.457 e. The SMILES string of the molecule is Cc1cc(-n2nc(C3CN(C=O)CCO3)c3c(N)ncnc32)ccc1Oc1ccc2c(c1)ncn2C. The third-order valence-corrected chi connectivity index (χ3v) is 6.40. The van der Waals surface area contributed by atoms with Crippen molar-refractivity contribution in [1.29, 1.82) is 0 Å². The lowest BCUT2D eigenvalue weighted by Gasteiger charge is -2.29. The number of hydrogen-bond acceptors (Lipinski definition) is 8. The van der Waals surface area contributed by atoms with Crippen molar-refractivity contribution in [3.8, 4) is 17.2 Å². The number of morpholine rings is 1. The van der Waals surface area contributed by atoms with Gasteiger partial charge in [-0.15, -0.1) is 0 Å². The fourth-order valence-corrected chi connectivity index (χ4v) is 4.52. The van der Waals surface area contributed by atoms with Crippen molar-refractivity contribution >= 4 is 34.3 Å². The van der Waals surface area contributed by atoms with Crippen LogP contribution in [-0.4, -0.2) is 60.3 Å². The highest BCUT2D eigenvalue weighted by Crippen LogP contribution is 2.33. The van der Waals surface area contributed by atoms with Gasteiger partial charge in [0.25, 0.3) is 0 Å². The predicted molar refractivity (Wildman–Crippen MR) is 133 cm³/mol. The Morgan fingerprint density at radius 1 is 1.17 bits per heavy atom. The van der Waals surface area contributed by atoms with E-state index in [9.17, 15) is 4.79 Å². The molecule has 11 nitrogen and oxygen atoms in total. The van der Waals surface area contributed by atoms with Crippen molar-refractivity contribution in [2.24, 2.45) is 7.05 Å². The van der Waals surface area contributed by atoms with Crippen molar-refractivity contribution in [1.82, 2.24) is 34.2 Å². The molecule has 1 atom stereocenters. The van der Waals surface area contributed by atoms with Gasteiger partial charge in [-0.2, -0.15) is 5.10 Å². The summed E-state index contributed by atoms with van der Waals surface area (Å²) < 4.78 is 15.8. The predicted octanol–water partition coefficient (Wildman–Crippen LogP) is 2.91. The lowest BCUT2D eigenvalue weighted by molar-refractivity contribution is -0.125. The summed E-state index contributed by atoms with van der Waals surface area (Å²) in [6.07, 6.45) is 3.59. The first kappa shape index (κ1) is 22.0. The summed E-state index contributed by atoms with van der Waals surface area (Å²) in [5, 5.41) is 5.44. The lowest BCUT2D eigenvalue weighted by atomic mass is 10.1. The van der Waals surface area contributed by atoms with Crippen LogP contribution in [0.1, 0.15) is 17.4 Å². The average Bonchev–Trinajstić information content (AvgIpc) is 3.47. The number of carbonyl (C=O) groups excluding carboxylic acids is 1. The number of carbonyl (C=O) groups is 1. The molecule has 5 aromatic rings. The molecule has 36 heavy (non-hydrogen) atoms. The highest BCUT2D eigenvalue weighted by atomic mass is 16.5. The van der Waals surface area contributed by atoms with E-state index in [0.29, 0.717) is 48.0 Å². The van der Waals surface area contributed by atoms with E-state index in [1.165, 1.54) is 6.33 Å². The molecule has 0 radical (unpaired) electrons. The van der Waals surface area contributed by atoms with Gasteiger partial charge in [0, 0.05) is 19.7 Å². The first-order chi connectivity index (χ1) is 17.5. The monoisotopic (exact) mass is 484 g/mol. The van der Waals surface area contributed by atoms with E-state index in [1.54, 1.807) is 15.9 Å². The molecule has 1 aliphatic heterocycles. The Morgan fingerprint density at radius 3 is 2.89 bits per heavy atom. The maximum absolute atomic E-state index is 11.3. The second-order valence-corrected chi connectivity index (χ2v) is 8.77. The van der Waals surface area contributed by atoms with E-state index in [2.05, 4.69) is 15.0 Å². The number of nitrogens with two attached hydrogens (primary N) is 1. The minimum atomic E-state index is -0.425.